The summed E-state index contributed by atoms with van der Waals surface area (Å²) in [4.78, 5) is 58.1. The minimum Gasteiger partial charge on any atom is -0.481 e. The SMILES string of the molecule is CC(C)CC(N)C(=O)NC(CC(=O)O)C(=O)NC(C)C(=O)NC(CO)C(=O)O. The van der Waals surface area contributed by atoms with E-state index in [2.05, 4.69) is 10.6 Å². The highest BCUT2D eigenvalue weighted by atomic mass is 16.4. The zero-order chi connectivity index (χ0) is 22.0. The van der Waals surface area contributed by atoms with E-state index in [9.17, 15) is 24.0 Å². The van der Waals surface area contributed by atoms with Crippen LogP contribution in [0.4, 0.5) is 0 Å². The highest BCUT2D eigenvalue weighted by Gasteiger charge is 2.29. The number of nitrogens with two attached hydrogens (primary N) is 1. The molecule has 0 radical (unpaired) electrons. The molecule has 0 aliphatic heterocycles. The molecule has 0 saturated heterocycles. The van der Waals surface area contributed by atoms with Crippen LogP contribution in [-0.4, -0.2) is 75.8 Å². The van der Waals surface area contributed by atoms with Crippen molar-refractivity contribution >= 4 is 29.7 Å². The van der Waals surface area contributed by atoms with Crippen LogP contribution in [-0.2, 0) is 24.0 Å². The van der Waals surface area contributed by atoms with Gasteiger partial charge in [-0.05, 0) is 19.3 Å². The molecule has 0 aliphatic carbocycles. The molecule has 4 atom stereocenters. The highest BCUT2D eigenvalue weighted by Crippen LogP contribution is 2.04. The minimum atomic E-state index is -1.56. The molecule has 0 aliphatic rings. The molecule has 12 nitrogen and oxygen atoms in total. The normalized spacial score (nSPS) is 15.1. The molecule has 0 aromatic heterocycles. The van der Waals surface area contributed by atoms with Gasteiger partial charge in [0, 0.05) is 0 Å². The van der Waals surface area contributed by atoms with Crippen molar-refractivity contribution in [3.63, 3.8) is 0 Å². The fraction of sp³-hybridized carbons (Fsp3) is 0.688. The van der Waals surface area contributed by atoms with Crippen molar-refractivity contribution < 1.29 is 39.3 Å². The molecular formula is C16H28N4O8. The van der Waals surface area contributed by atoms with E-state index in [-0.39, 0.29) is 5.92 Å². The Morgan fingerprint density at radius 3 is 1.82 bits per heavy atom. The number of hydrogen-bond donors (Lipinski definition) is 7. The Balaban J connectivity index is 5.01. The molecule has 0 rings (SSSR count). The van der Waals surface area contributed by atoms with Gasteiger partial charge in [0.25, 0.3) is 0 Å². The van der Waals surface area contributed by atoms with E-state index >= 15 is 0 Å². The first-order chi connectivity index (χ1) is 12.9. The molecule has 0 heterocycles. The maximum absolute atomic E-state index is 12.3. The Bertz CT molecular complexity index is 595. The summed E-state index contributed by atoms with van der Waals surface area (Å²) in [5, 5.41) is 33.1. The average Bonchev–Trinajstić information content (AvgIpc) is 2.57. The molecule has 8 N–H and O–H groups in total. The quantitative estimate of drug-likeness (QED) is 0.181. The van der Waals surface area contributed by atoms with E-state index in [4.69, 9.17) is 21.1 Å². The standard InChI is InChI=1S/C16H28N4O8/c1-7(2)4-9(17)14(25)19-10(5-12(22)23)15(26)18-8(3)13(24)20-11(6-21)16(27)28/h7-11,21H,4-6,17H2,1-3H3,(H,18,26)(H,19,25)(H,20,24)(H,22,23)(H,27,28). The Labute approximate surface area is 161 Å². The molecule has 0 spiro atoms. The third kappa shape index (κ3) is 9.28. The number of hydrogen-bond acceptors (Lipinski definition) is 7. The van der Waals surface area contributed by atoms with Gasteiger partial charge in [0.1, 0.15) is 18.1 Å². The average molecular weight is 404 g/mol. The van der Waals surface area contributed by atoms with Crippen LogP contribution in [0.5, 0.6) is 0 Å². The number of carbonyl (C=O) groups is 5. The third-order valence-electron chi connectivity index (χ3n) is 3.62. The first-order valence-corrected chi connectivity index (χ1v) is 8.61. The molecule has 0 aromatic rings. The van der Waals surface area contributed by atoms with E-state index in [0.717, 1.165) is 0 Å². The molecule has 28 heavy (non-hydrogen) atoms. The lowest BCUT2D eigenvalue weighted by atomic mass is 10.0. The topological polar surface area (TPSA) is 208 Å². The van der Waals surface area contributed by atoms with Gasteiger partial charge in [0.15, 0.2) is 0 Å². The lowest BCUT2D eigenvalue weighted by Crippen LogP contribution is -2.57. The van der Waals surface area contributed by atoms with Gasteiger partial charge in [-0.25, -0.2) is 4.79 Å². The van der Waals surface area contributed by atoms with Crippen molar-refractivity contribution in [3.05, 3.63) is 0 Å². The van der Waals surface area contributed by atoms with Crippen LogP contribution in [0.2, 0.25) is 0 Å². The second kappa shape index (κ2) is 11.9. The van der Waals surface area contributed by atoms with Crippen LogP contribution in [0.25, 0.3) is 0 Å². The number of rotatable bonds is 12. The van der Waals surface area contributed by atoms with Crippen LogP contribution in [0, 0.1) is 5.92 Å². The van der Waals surface area contributed by atoms with Crippen LogP contribution in [0.15, 0.2) is 0 Å². The molecule has 0 saturated carbocycles. The van der Waals surface area contributed by atoms with Crippen molar-refractivity contribution in [1.82, 2.24) is 16.0 Å². The lowest BCUT2D eigenvalue weighted by Gasteiger charge is -2.22. The molecular weight excluding hydrogens is 376 g/mol. The first kappa shape index (κ1) is 25.3. The number of carboxylic acids is 2. The molecule has 0 fully saturated rings. The predicted octanol–water partition coefficient (Wildman–Crippen LogP) is -2.61. The number of aliphatic hydroxyl groups is 1. The Morgan fingerprint density at radius 1 is 0.857 bits per heavy atom. The Morgan fingerprint density at radius 2 is 1.39 bits per heavy atom. The summed E-state index contributed by atoms with van der Waals surface area (Å²) < 4.78 is 0. The summed E-state index contributed by atoms with van der Waals surface area (Å²) in [7, 11) is 0. The van der Waals surface area contributed by atoms with E-state index in [1.54, 1.807) is 0 Å². The largest absolute Gasteiger partial charge is 0.481 e. The minimum absolute atomic E-state index is 0.102. The highest BCUT2D eigenvalue weighted by molar-refractivity contribution is 5.95. The number of amides is 3. The summed E-state index contributed by atoms with van der Waals surface area (Å²) in [5.74, 6) is -5.30. The lowest BCUT2D eigenvalue weighted by molar-refractivity contribution is -0.144. The summed E-state index contributed by atoms with van der Waals surface area (Å²) >= 11 is 0. The maximum atomic E-state index is 12.3. The van der Waals surface area contributed by atoms with Gasteiger partial charge in [-0.1, -0.05) is 13.8 Å². The van der Waals surface area contributed by atoms with Gasteiger partial charge in [-0.2, -0.15) is 0 Å². The molecule has 0 bridgehead atoms. The van der Waals surface area contributed by atoms with Crippen LogP contribution < -0.4 is 21.7 Å². The van der Waals surface area contributed by atoms with Crippen molar-refractivity contribution in [1.29, 1.82) is 0 Å². The van der Waals surface area contributed by atoms with Crippen molar-refractivity contribution in [2.75, 3.05) is 6.61 Å². The van der Waals surface area contributed by atoms with Crippen molar-refractivity contribution in [2.24, 2.45) is 11.7 Å². The van der Waals surface area contributed by atoms with Gasteiger partial charge in [0.2, 0.25) is 17.7 Å². The van der Waals surface area contributed by atoms with E-state index in [1.807, 2.05) is 19.2 Å². The number of carboxylic acid groups (broad SMARTS) is 2. The predicted molar refractivity (Wildman–Crippen MR) is 95.9 cm³/mol. The smallest absolute Gasteiger partial charge is 0.328 e. The number of aliphatic carboxylic acids is 2. The summed E-state index contributed by atoms with van der Waals surface area (Å²) in [5.41, 5.74) is 5.71. The maximum Gasteiger partial charge on any atom is 0.328 e. The Hall–Kier alpha value is -2.73. The van der Waals surface area contributed by atoms with Crippen LogP contribution in [0.3, 0.4) is 0 Å². The number of carbonyl (C=O) groups excluding carboxylic acids is 3. The molecule has 3 amide bonds. The first-order valence-electron chi connectivity index (χ1n) is 8.61. The van der Waals surface area contributed by atoms with Gasteiger partial charge in [0.05, 0.1) is 19.1 Å². The zero-order valence-corrected chi connectivity index (χ0v) is 16.0. The summed E-state index contributed by atoms with van der Waals surface area (Å²) in [6.45, 7) is 4.05. The van der Waals surface area contributed by atoms with Crippen molar-refractivity contribution in [3.8, 4) is 0 Å². The van der Waals surface area contributed by atoms with Crippen LogP contribution in [0.1, 0.15) is 33.6 Å². The second-order valence-electron chi connectivity index (χ2n) is 6.71. The van der Waals surface area contributed by atoms with Crippen LogP contribution >= 0.6 is 0 Å². The van der Waals surface area contributed by atoms with E-state index < -0.39 is 66.9 Å². The molecule has 4 unspecified atom stereocenters. The van der Waals surface area contributed by atoms with Gasteiger partial charge >= 0.3 is 11.9 Å². The van der Waals surface area contributed by atoms with Gasteiger partial charge in [-0.3, -0.25) is 19.2 Å². The molecule has 160 valence electrons. The fourth-order valence-corrected chi connectivity index (χ4v) is 2.14. The van der Waals surface area contributed by atoms with Gasteiger partial charge in [-0.15, -0.1) is 0 Å². The number of aliphatic hydroxyl groups excluding tert-OH is 1. The van der Waals surface area contributed by atoms with Crippen molar-refractivity contribution in [2.45, 2.75) is 57.8 Å². The Kier molecular flexibility index (Phi) is 10.7. The summed E-state index contributed by atoms with van der Waals surface area (Å²) in [6, 6.07) is -5.23. The zero-order valence-electron chi connectivity index (χ0n) is 16.0. The molecule has 0 aromatic carbocycles. The van der Waals surface area contributed by atoms with E-state index in [1.165, 1.54) is 6.92 Å². The fourth-order valence-electron chi connectivity index (χ4n) is 2.14. The second-order valence-corrected chi connectivity index (χ2v) is 6.71. The molecule has 12 heteroatoms. The summed E-state index contributed by atoms with van der Waals surface area (Å²) in [6.07, 6.45) is -0.418. The van der Waals surface area contributed by atoms with Gasteiger partial charge < -0.3 is 37.0 Å². The monoisotopic (exact) mass is 404 g/mol. The van der Waals surface area contributed by atoms with E-state index in [0.29, 0.717) is 6.42 Å². The third-order valence-corrected chi connectivity index (χ3v) is 3.62. The number of nitrogens with one attached hydrogen (secondary N) is 3.